The van der Waals surface area contributed by atoms with Crippen molar-refractivity contribution in [2.75, 3.05) is 43.9 Å². The van der Waals surface area contributed by atoms with Gasteiger partial charge in [0.25, 0.3) is 0 Å². The lowest BCUT2D eigenvalue weighted by atomic mass is 10.2. The summed E-state index contributed by atoms with van der Waals surface area (Å²) in [5.74, 6) is 2.08. The van der Waals surface area contributed by atoms with Crippen molar-refractivity contribution in [3.63, 3.8) is 0 Å². The van der Waals surface area contributed by atoms with Crippen molar-refractivity contribution in [3.8, 4) is 5.75 Å². The van der Waals surface area contributed by atoms with Crippen molar-refractivity contribution in [2.45, 2.75) is 13.0 Å². The molecule has 0 aliphatic carbocycles. The zero-order chi connectivity index (χ0) is 16.2. The number of nitrogen functional groups attached to an aromatic ring is 1. The molecule has 1 saturated heterocycles. The fourth-order valence-corrected chi connectivity index (χ4v) is 2.81. The minimum atomic E-state index is 0.157. The molecular formula is C16H22N6O. The van der Waals surface area contributed by atoms with E-state index < -0.39 is 0 Å². The molecule has 1 aliphatic rings. The molecule has 1 fully saturated rings. The van der Waals surface area contributed by atoms with Crippen LogP contribution in [0.3, 0.4) is 0 Å². The van der Waals surface area contributed by atoms with Gasteiger partial charge in [0.2, 0.25) is 0 Å². The molecule has 0 amide bonds. The Bertz CT molecular complexity index is 657. The molecule has 1 atom stereocenters. The van der Waals surface area contributed by atoms with Gasteiger partial charge in [0.1, 0.15) is 17.4 Å². The Morgan fingerprint density at radius 2 is 2.00 bits per heavy atom. The molecule has 7 heteroatoms. The third-order valence-corrected chi connectivity index (χ3v) is 4.23. The van der Waals surface area contributed by atoms with Crippen LogP contribution in [0.4, 0.5) is 11.5 Å². The van der Waals surface area contributed by atoms with Crippen molar-refractivity contribution >= 4 is 11.5 Å². The molecule has 0 aromatic carbocycles. The molecule has 0 spiro atoms. The Labute approximate surface area is 136 Å². The molecule has 0 saturated carbocycles. The van der Waals surface area contributed by atoms with Gasteiger partial charge in [-0.3, -0.25) is 9.88 Å². The first-order valence-electron chi connectivity index (χ1n) is 7.74. The quantitative estimate of drug-likeness (QED) is 0.912. The fraction of sp³-hybridized carbons (Fsp3) is 0.438. The van der Waals surface area contributed by atoms with Gasteiger partial charge in [0.05, 0.1) is 31.2 Å². The van der Waals surface area contributed by atoms with E-state index in [-0.39, 0.29) is 6.04 Å². The number of pyridine rings is 1. The van der Waals surface area contributed by atoms with E-state index >= 15 is 0 Å². The molecule has 0 radical (unpaired) electrons. The van der Waals surface area contributed by atoms with E-state index in [1.807, 2.05) is 12.3 Å². The van der Waals surface area contributed by atoms with Crippen molar-refractivity contribution in [1.82, 2.24) is 19.9 Å². The summed E-state index contributed by atoms with van der Waals surface area (Å²) in [5.41, 5.74) is 6.85. The fourth-order valence-electron chi connectivity index (χ4n) is 2.81. The van der Waals surface area contributed by atoms with Gasteiger partial charge >= 0.3 is 0 Å². The molecule has 122 valence electrons. The maximum absolute atomic E-state index is 5.75. The van der Waals surface area contributed by atoms with E-state index in [1.165, 1.54) is 0 Å². The standard InChI is InChI=1S/C16H22N6O/c1-12(16-19-4-3-15(17)20-16)21-5-7-22(8-6-21)13-9-14(23-2)11-18-10-13/h3-4,9-12H,5-8H2,1-2H3,(H2,17,19,20). The summed E-state index contributed by atoms with van der Waals surface area (Å²) >= 11 is 0. The van der Waals surface area contributed by atoms with Gasteiger partial charge in [0, 0.05) is 38.4 Å². The number of ether oxygens (including phenoxy) is 1. The second-order valence-electron chi connectivity index (χ2n) is 5.62. The molecule has 2 aromatic rings. The molecule has 1 unspecified atom stereocenters. The lowest BCUT2D eigenvalue weighted by molar-refractivity contribution is 0.191. The van der Waals surface area contributed by atoms with Gasteiger partial charge in [-0.2, -0.15) is 0 Å². The summed E-state index contributed by atoms with van der Waals surface area (Å²) in [6, 6.07) is 3.89. The van der Waals surface area contributed by atoms with Crippen LogP contribution < -0.4 is 15.4 Å². The van der Waals surface area contributed by atoms with E-state index in [9.17, 15) is 0 Å². The molecule has 2 N–H and O–H groups in total. The minimum Gasteiger partial charge on any atom is -0.495 e. The minimum absolute atomic E-state index is 0.157. The van der Waals surface area contributed by atoms with E-state index in [1.54, 1.807) is 25.6 Å². The zero-order valence-electron chi connectivity index (χ0n) is 13.5. The largest absolute Gasteiger partial charge is 0.495 e. The predicted octanol–water partition coefficient (Wildman–Crippen LogP) is 1.35. The van der Waals surface area contributed by atoms with Gasteiger partial charge < -0.3 is 15.4 Å². The van der Waals surface area contributed by atoms with Gasteiger partial charge in [-0.1, -0.05) is 0 Å². The number of rotatable bonds is 4. The summed E-state index contributed by atoms with van der Waals surface area (Å²) in [4.78, 5) is 17.6. The Kier molecular flexibility index (Phi) is 4.57. The van der Waals surface area contributed by atoms with Crippen LogP contribution in [0.15, 0.2) is 30.7 Å². The highest BCUT2D eigenvalue weighted by Crippen LogP contribution is 2.23. The van der Waals surface area contributed by atoms with E-state index in [4.69, 9.17) is 10.5 Å². The summed E-state index contributed by atoms with van der Waals surface area (Å²) in [7, 11) is 1.66. The Morgan fingerprint density at radius 1 is 1.22 bits per heavy atom. The Morgan fingerprint density at radius 3 is 2.70 bits per heavy atom. The number of aromatic nitrogens is 3. The normalized spacial score (nSPS) is 17.0. The van der Waals surface area contributed by atoms with Crippen LogP contribution in [-0.4, -0.2) is 53.1 Å². The monoisotopic (exact) mass is 314 g/mol. The molecular weight excluding hydrogens is 292 g/mol. The highest BCUT2D eigenvalue weighted by Gasteiger charge is 2.24. The maximum atomic E-state index is 5.75. The lowest BCUT2D eigenvalue weighted by Crippen LogP contribution is -2.47. The van der Waals surface area contributed by atoms with Crippen LogP contribution in [0.1, 0.15) is 18.8 Å². The molecule has 0 bridgehead atoms. The third-order valence-electron chi connectivity index (χ3n) is 4.23. The third kappa shape index (κ3) is 3.50. The van der Waals surface area contributed by atoms with Crippen LogP contribution in [0.5, 0.6) is 5.75 Å². The van der Waals surface area contributed by atoms with Crippen molar-refractivity contribution in [2.24, 2.45) is 0 Å². The summed E-state index contributed by atoms with van der Waals surface area (Å²) in [5, 5.41) is 0. The smallest absolute Gasteiger partial charge is 0.147 e. The first kappa shape index (κ1) is 15.5. The van der Waals surface area contributed by atoms with Crippen LogP contribution in [0, 0.1) is 0 Å². The number of methoxy groups -OCH3 is 1. The first-order valence-corrected chi connectivity index (χ1v) is 7.74. The predicted molar refractivity (Wildman–Crippen MR) is 89.4 cm³/mol. The van der Waals surface area contributed by atoms with Gasteiger partial charge in [-0.15, -0.1) is 0 Å². The van der Waals surface area contributed by atoms with Crippen LogP contribution in [-0.2, 0) is 0 Å². The Hall–Kier alpha value is -2.41. The van der Waals surface area contributed by atoms with Gasteiger partial charge in [-0.05, 0) is 13.0 Å². The summed E-state index contributed by atoms with van der Waals surface area (Å²) in [6.45, 7) is 5.87. The summed E-state index contributed by atoms with van der Waals surface area (Å²) < 4.78 is 5.25. The number of hydrogen-bond acceptors (Lipinski definition) is 7. The highest BCUT2D eigenvalue weighted by molar-refractivity contribution is 5.48. The molecule has 23 heavy (non-hydrogen) atoms. The van der Waals surface area contributed by atoms with Crippen molar-refractivity contribution in [3.05, 3.63) is 36.5 Å². The second-order valence-corrected chi connectivity index (χ2v) is 5.62. The highest BCUT2D eigenvalue weighted by atomic mass is 16.5. The van der Waals surface area contributed by atoms with Crippen LogP contribution in [0.25, 0.3) is 0 Å². The molecule has 3 rings (SSSR count). The lowest BCUT2D eigenvalue weighted by Gasteiger charge is -2.38. The molecule has 2 aromatic heterocycles. The Balaban J connectivity index is 1.63. The van der Waals surface area contributed by atoms with Crippen LogP contribution in [0.2, 0.25) is 0 Å². The SMILES string of the molecule is COc1cncc(N2CCN(C(C)c3nccc(N)n3)CC2)c1. The molecule has 1 aliphatic heterocycles. The average molecular weight is 314 g/mol. The topological polar surface area (TPSA) is 80.4 Å². The molecule has 7 nitrogen and oxygen atoms in total. The second kappa shape index (κ2) is 6.78. The number of anilines is 2. The summed E-state index contributed by atoms with van der Waals surface area (Å²) in [6.07, 6.45) is 5.31. The van der Waals surface area contributed by atoms with Crippen molar-refractivity contribution < 1.29 is 4.74 Å². The van der Waals surface area contributed by atoms with Crippen LogP contribution >= 0.6 is 0 Å². The number of nitrogens with two attached hydrogens (primary N) is 1. The van der Waals surface area contributed by atoms with E-state index in [0.29, 0.717) is 5.82 Å². The van der Waals surface area contributed by atoms with Gasteiger partial charge in [0.15, 0.2) is 0 Å². The maximum Gasteiger partial charge on any atom is 0.147 e. The van der Waals surface area contributed by atoms with Gasteiger partial charge in [-0.25, -0.2) is 9.97 Å². The van der Waals surface area contributed by atoms with Crippen molar-refractivity contribution in [1.29, 1.82) is 0 Å². The first-order chi connectivity index (χ1) is 11.2. The number of nitrogens with zero attached hydrogens (tertiary/aromatic N) is 5. The van der Waals surface area contributed by atoms with E-state index in [0.717, 1.165) is 43.4 Å². The number of hydrogen-bond donors (Lipinski definition) is 1. The zero-order valence-corrected chi connectivity index (χ0v) is 13.5. The average Bonchev–Trinajstić information content (AvgIpc) is 2.61. The molecule has 3 heterocycles. The van der Waals surface area contributed by atoms with E-state index in [2.05, 4.69) is 31.7 Å². The number of piperazine rings is 1.